The molecule has 0 spiro atoms. The maximum atomic E-state index is 6.48. The monoisotopic (exact) mass is 515 g/mol. The van der Waals surface area contributed by atoms with Gasteiger partial charge in [0.05, 0.1) is 0 Å². The predicted octanol–water partition coefficient (Wildman–Crippen LogP) is 9.07. The van der Waals surface area contributed by atoms with E-state index in [9.17, 15) is 0 Å². The third-order valence-corrected chi connectivity index (χ3v) is 6.28. The van der Waals surface area contributed by atoms with Gasteiger partial charge in [-0.25, -0.2) is 0 Å². The quantitative estimate of drug-likeness (QED) is 0.153. The van der Waals surface area contributed by atoms with Gasteiger partial charge in [-0.1, -0.05) is 127 Å². The number of halogens is 1. The van der Waals surface area contributed by atoms with Crippen LogP contribution in [-0.4, -0.2) is 5.54 Å². The first-order valence-corrected chi connectivity index (χ1v) is 12.4. The molecule has 0 aliphatic carbocycles. The van der Waals surface area contributed by atoms with Gasteiger partial charge in [0.15, 0.2) is 0 Å². The fourth-order valence-corrected chi connectivity index (χ4v) is 4.22. The number of rotatable bonds is 18. The number of hydrogen-bond acceptors (Lipinski definition) is 1. The van der Waals surface area contributed by atoms with Gasteiger partial charge in [0, 0.05) is 5.54 Å². The fourth-order valence-electron chi connectivity index (χ4n) is 4.22. The topological polar surface area (TPSA) is 26.0 Å². The lowest BCUT2D eigenvalue weighted by Crippen LogP contribution is -2.42. The van der Waals surface area contributed by atoms with E-state index in [1.165, 1.54) is 102 Å². The fraction of sp³-hybridized carbons (Fsp3) is 0.778. The molecule has 170 valence electrons. The highest BCUT2D eigenvalue weighted by molar-refractivity contribution is 14.0. The van der Waals surface area contributed by atoms with Crippen LogP contribution in [0, 0.1) is 5.92 Å². The highest BCUT2D eigenvalue weighted by Gasteiger charge is 2.24. The second-order valence-corrected chi connectivity index (χ2v) is 9.59. The zero-order valence-corrected chi connectivity index (χ0v) is 22.1. The summed E-state index contributed by atoms with van der Waals surface area (Å²) in [5.74, 6) is 0.576. The standard InChI is InChI=1S/C27H49N.HI/c1-4-5-6-7-8-9-10-11-12-13-14-15-16-20-23-26(27(2,3)28)24-25-21-18-17-19-22-25;/h17-19,21-22,26H,4-16,20,23-24,28H2,1-3H3;1H. The van der Waals surface area contributed by atoms with Crippen molar-refractivity contribution in [1.29, 1.82) is 0 Å². The molecule has 0 aliphatic rings. The molecule has 0 bridgehead atoms. The van der Waals surface area contributed by atoms with Crippen LogP contribution < -0.4 is 5.73 Å². The Morgan fingerprint density at radius 3 is 1.52 bits per heavy atom. The van der Waals surface area contributed by atoms with Crippen molar-refractivity contribution in [2.75, 3.05) is 0 Å². The summed E-state index contributed by atoms with van der Waals surface area (Å²) in [5.41, 5.74) is 7.82. The zero-order valence-electron chi connectivity index (χ0n) is 19.8. The second-order valence-electron chi connectivity index (χ2n) is 9.59. The van der Waals surface area contributed by atoms with Crippen LogP contribution in [-0.2, 0) is 6.42 Å². The van der Waals surface area contributed by atoms with E-state index in [2.05, 4.69) is 51.1 Å². The van der Waals surface area contributed by atoms with Gasteiger partial charge in [0.1, 0.15) is 0 Å². The lowest BCUT2D eigenvalue weighted by Gasteiger charge is -2.31. The van der Waals surface area contributed by atoms with E-state index < -0.39 is 0 Å². The molecule has 2 heteroatoms. The van der Waals surface area contributed by atoms with Gasteiger partial charge >= 0.3 is 0 Å². The Labute approximate surface area is 200 Å². The average Bonchev–Trinajstić information content (AvgIpc) is 2.67. The molecular formula is C27H50IN. The largest absolute Gasteiger partial charge is 0.325 e. The molecule has 1 aromatic rings. The minimum absolute atomic E-state index is 0. The van der Waals surface area contributed by atoms with E-state index in [0.717, 1.165) is 6.42 Å². The van der Waals surface area contributed by atoms with Gasteiger partial charge in [-0.15, -0.1) is 24.0 Å². The van der Waals surface area contributed by atoms with E-state index in [1.807, 2.05) is 0 Å². The molecule has 29 heavy (non-hydrogen) atoms. The molecule has 0 amide bonds. The maximum absolute atomic E-state index is 6.48. The zero-order chi connectivity index (χ0) is 20.5. The lowest BCUT2D eigenvalue weighted by molar-refractivity contribution is 0.290. The Kier molecular flexibility index (Phi) is 18.6. The van der Waals surface area contributed by atoms with Gasteiger partial charge in [-0.3, -0.25) is 0 Å². The van der Waals surface area contributed by atoms with E-state index in [-0.39, 0.29) is 29.5 Å². The summed E-state index contributed by atoms with van der Waals surface area (Å²) in [4.78, 5) is 0. The molecule has 0 heterocycles. The smallest absolute Gasteiger partial charge is 0.0129 e. The summed E-state index contributed by atoms with van der Waals surface area (Å²) >= 11 is 0. The Morgan fingerprint density at radius 1 is 0.690 bits per heavy atom. The van der Waals surface area contributed by atoms with E-state index in [0.29, 0.717) is 5.92 Å². The van der Waals surface area contributed by atoms with E-state index in [4.69, 9.17) is 5.73 Å². The van der Waals surface area contributed by atoms with Crippen molar-refractivity contribution in [1.82, 2.24) is 0 Å². The number of benzene rings is 1. The first-order chi connectivity index (χ1) is 13.5. The first-order valence-electron chi connectivity index (χ1n) is 12.4. The third-order valence-electron chi connectivity index (χ3n) is 6.28. The molecule has 0 saturated heterocycles. The normalized spacial score (nSPS) is 12.6. The van der Waals surface area contributed by atoms with Gasteiger partial charge in [-0.2, -0.15) is 0 Å². The highest BCUT2D eigenvalue weighted by atomic mass is 127. The molecule has 0 fully saturated rings. The van der Waals surface area contributed by atoms with Crippen molar-refractivity contribution < 1.29 is 0 Å². The van der Waals surface area contributed by atoms with Crippen molar-refractivity contribution in [3.05, 3.63) is 35.9 Å². The number of nitrogens with two attached hydrogens (primary N) is 1. The van der Waals surface area contributed by atoms with Crippen molar-refractivity contribution in [2.24, 2.45) is 11.7 Å². The molecule has 1 aromatic carbocycles. The first kappa shape index (κ1) is 28.9. The summed E-state index contributed by atoms with van der Waals surface area (Å²) in [6.45, 7) is 6.69. The Balaban J connectivity index is 0.00000784. The van der Waals surface area contributed by atoms with Crippen molar-refractivity contribution in [3.8, 4) is 0 Å². The molecule has 2 N–H and O–H groups in total. The summed E-state index contributed by atoms with van der Waals surface area (Å²) < 4.78 is 0. The third kappa shape index (κ3) is 16.3. The highest BCUT2D eigenvalue weighted by Crippen LogP contribution is 2.25. The van der Waals surface area contributed by atoms with Crippen LogP contribution in [0.1, 0.15) is 123 Å². The molecule has 0 aliphatic heterocycles. The van der Waals surface area contributed by atoms with Crippen LogP contribution >= 0.6 is 24.0 Å². The summed E-state index contributed by atoms with van der Waals surface area (Å²) in [6, 6.07) is 10.9. The van der Waals surface area contributed by atoms with E-state index >= 15 is 0 Å². The van der Waals surface area contributed by atoms with Gasteiger partial charge in [-0.05, 0) is 38.2 Å². The average molecular weight is 516 g/mol. The van der Waals surface area contributed by atoms with Crippen LogP contribution in [0.5, 0.6) is 0 Å². The minimum Gasteiger partial charge on any atom is -0.325 e. The molecule has 0 saturated carbocycles. The molecule has 1 unspecified atom stereocenters. The summed E-state index contributed by atoms with van der Waals surface area (Å²) in [5, 5.41) is 0. The minimum atomic E-state index is -0.0909. The molecular weight excluding hydrogens is 465 g/mol. The summed E-state index contributed by atoms with van der Waals surface area (Å²) in [7, 11) is 0. The lowest BCUT2D eigenvalue weighted by atomic mass is 9.80. The van der Waals surface area contributed by atoms with E-state index in [1.54, 1.807) is 0 Å². The van der Waals surface area contributed by atoms with Gasteiger partial charge < -0.3 is 5.73 Å². The maximum Gasteiger partial charge on any atom is 0.0129 e. The van der Waals surface area contributed by atoms with Crippen LogP contribution in [0.3, 0.4) is 0 Å². The Hall–Kier alpha value is -0.0900. The molecule has 0 aromatic heterocycles. The molecule has 1 nitrogen and oxygen atoms in total. The SMILES string of the molecule is CCCCCCCCCCCCCCCCC(Cc1ccccc1)C(C)(C)N.I. The van der Waals surface area contributed by atoms with Crippen molar-refractivity contribution in [3.63, 3.8) is 0 Å². The predicted molar refractivity (Wildman–Crippen MR) is 142 cm³/mol. The van der Waals surface area contributed by atoms with Crippen molar-refractivity contribution in [2.45, 2.75) is 129 Å². The molecule has 0 radical (unpaired) electrons. The Morgan fingerprint density at radius 2 is 1.10 bits per heavy atom. The van der Waals surface area contributed by atoms with Gasteiger partial charge in [0.2, 0.25) is 0 Å². The molecule has 1 atom stereocenters. The number of hydrogen-bond donors (Lipinski definition) is 1. The second kappa shape index (κ2) is 18.7. The molecule has 1 rings (SSSR count). The van der Waals surface area contributed by atoms with Crippen LogP contribution in [0.2, 0.25) is 0 Å². The Bertz CT molecular complexity index is 451. The van der Waals surface area contributed by atoms with Crippen LogP contribution in [0.15, 0.2) is 30.3 Å². The van der Waals surface area contributed by atoms with Gasteiger partial charge in [0.25, 0.3) is 0 Å². The van der Waals surface area contributed by atoms with Crippen LogP contribution in [0.25, 0.3) is 0 Å². The van der Waals surface area contributed by atoms with Crippen LogP contribution in [0.4, 0.5) is 0 Å². The number of unbranched alkanes of at least 4 members (excludes halogenated alkanes) is 13. The van der Waals surface area contributed by atoms with Crippen molar-refractivity contribution >= 4 is 24.0 Å². The summed E-state index contributed by atoms with van der Waals surface area (Å²) in [6.07, 6.45) is 22.3.